The molecule has 0 aliphatic carbocycles. The molecule has 9 heteroatoms. The van der Waals surface area contributed by atoms with Crippen LogP contribution in [-0.2, 0) is 16.0 Å². The highest BCUT2D eigenvalue weighted by Crippen LogP contribution is 2.35. The lowest BCUT2D eigenvalue weighted by molar-refractivity contribution is -0.146. The predicted molar refractivity (Wildman–Crippen MR) is 140 cm³/mol. The lowest BCUT2D eigenvalue weighted by Crippen LogP contribution is -2.46. The van der Waals surface area contributed by atoms with Gasteiger partial charge in [-0.3, -0.25) is 14.3 Å². The molecule has 3 atom stereocenters. The van der Waals surface area contributed by atoms with Gasteiger partial charge in [0.25, 0.3) is 0 Å². The van der Waals surface area contributed by atoms with Gasteiger partial charge in [-0.05, 0) is 74.5 Å². The zero-order valence-electron chi connectivity index (χ0n) is 21.3. The molecule has 2 fully saturated rings. The number of carbonyl (C=O) groups excluding carboxylic acids is 2. The summed E-state index contributed by atoms with van der Waals surface area (Å²) in [5.74, 6) is -0.410. The molecular weight excluding hydrogens is 454 g/mol. The maximum absolute atomic E-state index is 13.4. The van der Waals surface area contributed by atoms with E-state index in [1.165, 1.54) is 6.20 Å². The van der Waals surface area contributed by atoms with E-state index >= 15 is 0 Å². The number of anilines is 2. The van der Waals surface area contributed by atoms with E-state index in [2.05, 4.69) is 52.2 Å². The number of nitrogens with one attached hydrogen (secondary N) is 1. The number of pyridine rings is 1. The molecule has 4 heterocycles. The van der Waals surface area contributed by atoms with Gasteiger partial charge in [-0.15, -0.1) is 0 Å². The van der Waals surface area contributed by atoms with Crippen LogP contribution in [0.15, 0.2) is 36.7 Å². The van der Waals surface area contributed by atoms with Gasteiger partial charge in [0.15, 0.2) is 0 Å². The summed E-state index contributed by atoms with van der Waals surface area (Å²) in [7, 11) is 2.14. The molecule has 2 aromatic heterocycles. The second-order valence-electron chi connectivity index (χ2n) is 10.4. The minimum Gasteiger partial charge on any atom is -0.383 e. The van der Waals surface area contributed by atoms with Gasteiger partial charge in [-0.2, -0.15) is 5.10 Å². The molecule has 3 aromatic rings. The summed E-state index contributed by atoms with van der Waals surface area (Å²) in [4.78, 5) is 34.6. The minimum atomic E-state index is -0.651. The highest BCUT2D eigenvalue weighted by atomic mass is 16.2. The molecular formula is C27H35N7O2. The molecule has 190 valence electrons. The van der Waals surface area contributed by atoms with Gasteiger partial charge in [0, 0.05) is 24.7 Å². The summed E-state index contributed by atoms with van der Waals surface area (Å²) >= 11 is 0. The molecule has 0 unspecified atom stereocenters. The lowest BCUT2D eigenvalue weighted by Gasteiger charge is -2.38. The summed E-state index contributed by atoms with van der Waals surface area (Å²) in [5.41, 5.74) is 9.19. The van der Waals surface area contributed by atoms with Gasteiger partial charge in [0.2, 0.25) is 0 Å². The first-order valence-electron chi connectivity index (χ1n) is 12.9. The average Bonchev–Trinajstić information content (AvgIpc) is 3.50. The van der Waals surface area contributed by atoms with Crippen LogP contribution in [0.5, 0.6) is 0 Å². The summed E-state index contributed by atoms with van der Waals surface area (Å²) < 4.78 is 2.09. The number of hydrogen-bond acceptors (Lipinski definition) is 6. The topological polar surface area (TPSA) is 109 Å². The molecule has 2 saturated heterocycles. The average molecular weight is 490 g/mol. The molecule has 3 N–H and O–H groups in total. The third-order valence-corrected chi connectivity index (χ3v) is 7.58. The van der Waals surface area contributed by atoms with Crippen LogP contribution in [-0.4, -0.2) is 63.1 Å². The third-order valence-electron chi connectivity index (χ3n) is 7.58. The van der Waals surface area contributed by atoms with E-state index < -0.39 is 11.8 Å². The van der Waals surface area contributed by atoms with Crippen LogP contribution >= 0.6 is 0 Å². The van der Waals surface area contributed by atoms with Crippen LogP contribution in [0.1, 0.15) is 56.3 Å². The first-order chi connectivity index (χ1) is 17.3. The van der Waals surface area contributed by atoms with Gasteiger partial charge >= 0.3 is 11.8 Å². The highest BCUT2D eigenvalue weighted by molar-refractivity contribution is 6.39. The number of nitrogen functional groups attached to an aromatic ring is 1. The normalized spacial score (nSPS) is 22.8. The van der Waals surface area contributed by atoms with Gasteiger partial charge < -0.3 is 20.9 Å². The Labute approximate surface area is 211 Å². The molecule has 5 rings (SSSR count). The van der Waals surface area contributed by atoms with E-state index in [9.17, 15) is 9.59 Å². The molecule has 36 heavy (non-hydrogen) atoms. The Morgan fingerprint density at radius 2 is 2.00 bits per heavy atom. The second-order valence-corrected chi connectivity index (χ2v) is 10.4. The SMILES string of the molecule is CCc1cc(NC(=O)C(=O)N2C[C@@H](C)CC[C@@H]2c2ccc3nn([C@H]4CCN(C)C4)cc3c2)cnc1N. The van der Waals surface area contributed by atoms with Gasteiger partial charge in [0.05, 0.1) is 29.5 Å². The van der Waals surface area contributed by atoms with Crippen LogP contribution in [0, 0.1) is 5.92 Å². The Balaban J connectivity index is 1.37. The number of amides is 2. The fourth-order valence-corrected chi connectivity index (χ4v) is 5.50. The summed E-state index contributed by atoms with van der Waals surface area (Å²) in [6.45, 7) is 6.72. The van der Waals surface area contributed by atoms with Crippen molar-refractivity contribution >= 4 is 34.2 Å². The van der Waals surface area contributed by atoms with Crippen LogP contribution in [0.4, 0.5) is 11.5 Å². The molecule has 1 aromatic carbocycles. The van der Waals surface area contributed by atoms with E-state index in [0.29, 0.717) is 36.4 Å². The lowest BCUT2D eigenvalue weighted by atomic mass is 9.89. The van der Waals surface area contributed by atoms with Crippen LogP contribution < -0.4 is 11.1 Å². The van der Waals surface area contributed by atoms with Crippen molar-refractivity contribution in [3.05, 3.63) is 47.8 Å². The van der Waals surface area contributed by atoms with E-state index in [1.54, 1.807) is 11.0 Å². The Hall–Kier alpha value is -3.46. The fourth-order valence-electron chi connectivity index (χ4n) is 5.50. The number of benzene rings is 1. The van der Waals surface area contributed by atoms with Crippen molar-refractivity contribution in [3.63, 3.8) is 0 Å². The minimum absolute atomic E-state index is 0.152. The van der Waals surface area contributed by atoms with Crippen molar-refractivity contribution in [3.8, 4) is 0 Å². The molecule has 9 nitrogen and oxygen atoms in total. The largest absolute Gasteiger partial charge is 0.383 e. The molecule has 0 spiro atoms. The van der Waals surface area contributed by atoms with Crippen LogP contribution in [0.25, 0.3) is 10.9 Å². The molecule has 0 radical (unpaired) electrons. The highest BCUT2D eigenvalue weighted by Gasteiger charge is 2.34. The molecule has 2 aliphatic heterocycles. The monoisotopic (exact) mass is 489 g/mol. The summed E-state index contributed by atoms with van der Waals surface area (Å²) in [6.07, 6.45) is 7.22. The fraction of sp³-hybridized carbons (Fsp3) is 0.481. The number of hydrogen-bond donors (Lipinski definition) is 2. The zero-order valence-corrected chi connectivity index (χ0v) is 21.3. The Kier molecular flexibility index (Phi) is 6.66. The number of rotatable bonds is 4. The number of carbonyl (C=O) groups is 2. The van der Waals surface area contributed by atoms with E-state index in [-0.39, 0.29) is 6.04 Å². The van der Waals surface area contributed by atoms with Crippen molar-refractivity contribution in [2.45, 2.75) is 51.6 Å². The quantitative estimate of drug-likeness (QED) is 0.544. The smallest absolute Gasteiger partial charge is 0.313 e. The summed E-state index contributed by atoms with van der Waals surface area (Å²) in [6, 6.07) is 8.23. The van der Waals surface area contributed by atoms with Crippen molar-refractivity contribution in [1.29, 1.82) is 0 Å². The van der Waals surface area contributed by atoms with Crippen molar-refractivity contribution in [1.82, 2.24) is 24.6 Å². The zero-order chi connectivity index (χ0) is 25.4. The number of fused-ring (bicyclic) bond motifs is 1. The number of aromatic nitrogens is 3. The standard InChI is InChI=1S/C27H35N7O2/c1-4-18-12-21(13-29-25(18)28)30-26(35)27(36)33-14-17(2)5-8-24(33)19-6-7-23-20(11-19)15-34(31-23)22-9-10-32(3)16-22/h6-7,11-13,15,17,22,24H,4-5,8-10,14,16H2,1-3H3,(H2,28,29)(H,30,35)/t17-,22-,24+/m0/s1. The predicted octanol–water partition coefficient (Wildman–Crippen LogP) is 3.39. The van der Waals surface area contributed by atoms with Crippen LogP contribution in [0.3, 0.4) is 0 Å². The molecule has 0 saturated carbocycles. The number of nitrogens with zero attached hydrogens (tertiary/aromatic N) is 5. The Bertz CT molecular complexity index is 1290. The van der Waals surface area contributed by atoms with Crippen molar-refractivity contribution < 1.29 is 9.59 Å². The first-order valence-corrected chi connectivity index (χ1v) is 12.9. The van der Waals surface area contributed by atoms with Crippen molar-refractivity contribution in [2.24, 2.45) is 5.92 Å². The number of aryl methyl sites for hydroxylation is 1. The molecule has 0 bridgehead atoms. The van der Waals surface area contributed by atoms with Crippen molar-refractivity contribution in [2.75, 3.05) is 37.7 Å². The molecule has 2 aliphatic rings. The van der Waals surface area contributed by atoms with E-state index in [1.807, 2.05) is 13.0 Å². The number of nitrogens with two attached hydrogens (primary N) is 1. The number of likely N-dealkylation sites (N-methyl/N-ethyl adjacent to an activating group) is 1. The maximum Gasteiger partial charge on any atom is 0.313 e. The van der Waals surface area contributed by atoms with Gasteiger partial charge in [0.1, 0.15) is 5.82 Å². The third kappa shape index (κ3) is 4.80. The van der Waals surface area contributed by atoms with Gasteiger partial charge in [-0.25, -0.2) is 4.98 Å². The summed E-state index contributed by atoms with van der Waals surface area (Å²) in [5, 5.41) is 8.60. The second kappa shape index (κ2) is 9.89. The first kappa shape index (κ1) is 24.2. The van der Waals surface area contributed by atoms with E-state index in [4.69, 9.17) is 10.8 Å². The van der Waals surface area contributed by atoms with E-state index in [0.717, 1.165) is 54.4 Å². The number of piperidine rings is 1. The maximum atomic E-state index is 13.4. The van der Waals surface area contributed by atoms with Gasteiger partial charge in [-0.1, -0.05) is 19.9 Å². The molecule has 2 amide bonds. The van der Waals surface area contributed by atoms with Crippen LogP contribution in [0.2, 0.25) is 0 Å². The number of likely N-dealkylation sites (tertiary alicyclic amines) is 2. The Morgan fingerprint density at radius 3 is 2.75 bits per heavy atom. The Morgan fingerprint density at radius 1 is 1.17 bits per heavy atom.